The van der Waals surface area contributed by atoms with E-state index >= 15 is 0 Å². The zero-order valence-corrected chi connectivity index (χ0v) is 17.7. The molecule has 126 valence electrons. The zero-order valence-electron chi connectivity index (χ0n) is 14.7. The molecule has 0 aliphatic heterocycles. The minimum absolute atomic E-state index is 0. The Labute approximate surface area is 160 Å². The number of nitrogens with one attached hydrogen (secondary N) is 1. The molecule has 24 heavy (non-hydrogen) atoms. The number of rotatable bonds is 2. The summed E-state index contributed by atoms with van der Waals surface area (Å²) in [4.78, 5) is 7.88. The molecule has 0 atom stereocenters. The van der Waals surface area contributed by atoms with Crippen LogP contribution in [0.15, 0.2) is 73.1 Å². The maximum Gasteiger partial charge on any atom is 2.00 e. The van der Waals surface area contributed by atoms with Gasteiger partial charge >= 0.3 is 21.1 Å². The van der Waals surface area contributed by atoms with Gasteiger partial charge in [-0.25, -0.2) is 0 Å². The molecule has 0 saturated carbocycles. The smallest absolute Gasteiger partial charge is 0.435 e. The monoisotopic (exact) mass is 491 g/mol. The van der Waals surface area contributed by atoms with Crippen molar-refractivity contribution in [1.82, 2.24) is 9.97 Å². The number of nitrogens with zero attached hydrogens (tertiary/aromatic N) is 2. The van der Waals surface area contributed by atoms with Gasteiger partial charge in [-0.1, -0.05) is 45.9 Å². The third kappa shape index (κ3) is 12.5. The summed E-state index contributed by atoms with van der Waals surface area (Å²) >= 11 is 0. The molecular weight excluding hydrogens is 466 g/mol. The molecule has 0 aliphatic carbocycles. The Kier molecular flexibility index (Phi) is 19.3. The van der Waals surface area contributed by atoms with E-state index in [-0.39, 0.29) is 21.1 Å². The van der Waals surface area contributed by atoms with Gasteiger partial charge in [0.05, 0.1) is 0 Å². The molecule has 1 aromatic heterocycles. The molecule has 4 heteroatoms. The predicted molar refractivity (Wildman–Crippen MR) is 98.6 cm³/mol. The Bertz CT molecular complexity index is 496. The van der Waals surface area contributed by atoms with Crippen LogP contribution >= 0.6 is 0 Å². The van der Waals surface area contributed by atoms with Crippen LogP contribution in [0.2, 0.25) is 0 Å². The third-order valence-electron chi connectivity index (χ3n) is 2.17. The van der Waals surface area contributed by atoms with Crippen molar-refractivity contribution in [2.75, 3.05) is 5.32 Å². The van der Waals surface area contributed by atoms with E-state index in [9.17, 15) is 0 Å². The van der Waals surface area contributed by atoms with Gasteiger partial charge in [-0.05, 0) is 30.3 Å². The van der Waals surface area contributed by atoms with Gasteiger partial charge in [-0.15, -0.1) is 6.20 Å². The first-order valence-electron chi connectivity index (χ1n) is 7.86. The summed E-state index contributed by atoms with van der Waals surface area (Å²) in [5, 5.41) is 3.10. The fourth-order valence-electron chi connectivity index (χ4n) is 1.34. The van der Waals surface area contributed by atoms with Gasteiger partial charge < -0.3 is 10.3 Å². The number of para-hydroxylation sites is 1. The molecule has 2 aromatic carbocycles. The standard InChI is InChI=1S/C10H8N3.C6H5.2C2H6.W/c1-2-4-9(5-3-1)13-10-8-11-6-7-12-10;1-2-4-6-5-3-1;2*1-2;/h1-6,8H,(H,12,13);1-5H;2*1-2H3;/q2*-1;;;+2. The third-order valence-corrected chi connectivity index (χ3v) is 2.17. The fraction of sp³-hybridized carbons (Fsp3) is 0.200. The molecule has 0 amide bonds. The van der Waals surface area contributed by atoms with Crippen molar-refractivity contribution in [3.8, 4) is 0 Å². The molecular formula is C20H25N3W. The van der Waals surface area contributed by atoms with Gasteiger partial charge in [0.1, 0.15) is 0 Å². The summed E-state index contributed by atoms with van der Waals surface area (Å²) in [5.74, 6) is 0.703. The number of benzene rings is 2. The van der Waals surface area contributed by atoms with Crippen LogP contribution < -0.4 is 5.32 Å². The molecule has 0 spiro atoms. The molecule has 0 radical (unpaired) electrons. The molecule has 3 nitrogen and oxygen atoms in total. The van der Waals surface area contributed by atoms with Crippen LogP contribution in [-0.4, -0.2) is 9.97 Å². The molecule has 3 rings (SSSR count). The van der Waals surface area contributed by atoms with Crippen LogP contribution in [0.4, 0.5) is 11.5 Å². The van der Waals surface area contributed by atoms with Crippen LogP contribution in [-0.2, 0) is 21.1 Å². The second-order valence-corrected chi connectivity index (χ2v) is 3.60. The summed E-state index contributed by atoms with van der Waals surface area (Å²) in [7, 11) is 0. The van der Waals surface area contributed by atoms with Gasteiger partial charge in [-0.2, -0.15) is 36.4 Å². The van der Waals surface area contributed by atoms with E-state index in [1.54, 1.807) is 6.20 Å². The second-order valence-electron chi connectivity index (χ2n) is 3.60. The first-order valence-corrected chi connectivity index (χ1v) is 7.86. The van der Waals surface area contributed by atoms with E-state index in [1.165, 1.54) is 6.20 Å². The number of hydrogen-bond acceptors (Lipinski definition) is 3. The van der Waals surface area contributed by atoms with E-state index < -0.39 is 0 Å². The predicted octanol–water partition coefficient (Wildman–Crippen LogP) is 5.56. The van der Waals surface area contributed by atoms with Gasteiger partial charge in [0.2, 0.25) is 0 Å². The van der Waals surface area contributed by atoms with E-state index in [1.807, 2.05) is 88.4 Å². The summed E-state index contributed by atoms with van der Waals surface area (Å²) < 4.78 is 0. The molecule has 0 fully saturated rings. The van der Waals surface area contributed by atoms with Gasteiger partial charge in [-0.3, -0.25) is 4.98 Å². The van der Waals surface area contributed by atoms with Crippen LogP contribution in [0.3, 0.4) is 0 Å². The molecule has 1 heterocycles. The number of anilines is 2. The molecule has 1 N–H and O–H groups in total. The average molecular weight is 491 g/mol. The van der Waals surface area contributed by atoms with Crippen molar-refractivity contribution in [3.05, 3.63) is 85.3 Å². The molecule has 0 saturated heterocycles. The largest absolute Gasteiger partial charge is 2.00 e. The molecule has 3 aromatic rings. The van der Waals surface area contributed by atoms with E-state index in [0.29, 0.717) is 5.82 Å². The SMILES string of the molecule is CC.CC.[W+2].[c-]1ccccc1.[c-]1cncc(Nc2ccccc2)n1. The fourth-order valence-corrected chi connectivity index (χ4v) is 1.34. The summed E-state index contributed by atoms with van der Waals surface area (Å²) in [6.45, 7) is 8.00. The topological polar surface area (TPSA) is 37.8 Å². The van der Waals surface area contributed by atoms with Gasteiger partial charge in [0.25, 0.3) is 0 Å². The van der Waals surface area contributed by atoms with E-state index in [0.717, 1.165) is 5.69 Å². The summed E-state index contributed by atoms with van der Waals surface area (Å²) in [5.41, 5.74) is 0.997. The average Bonchev–Trinajstić information content (AvgIpc) is 2.69. The minimum Gasteiger partial charge on any atom is -0.435 e. The van der Waals surface area contributed by atoms with Crippen molar-refractivity contribution in [1.29, 1.82) is 0 Å². The van der Waals surface area contributed by atoms with Gasteiger partial charge in [0, 0.05) is 5.69 Å². The Hall–Kier alpha value is -1.99. The molecule has 0 aliphatic rings. The second kappa shape index (κ2) is 19.1. The van der Waals surface area contributed by atoms with E-state index in [4.69, 9.17) is 0 Å². The maximum atomic E-state index is 3.98. The first kappa shape index (κ1) is 24.3. The molecule has 0 unspecified atom stereocenters. The Morgan fingerprint density at radius 1 is 0.833 bits per heavy atom. The van der Waals surface area contributed by atoms with E-state index in [2.05, 4.69) is 27.5 Å². The van der Waals surface area contributed by atoms with Crippen LogP contribution in [0.5, 0.6) is 0 Å². The Balaban J connectivity index is 0. The summed E-state index contributed by atoms with van der Waals surface area (Å²) in [6.07, 6.45) is 5.84. The Morgan fingerprint density at radius 2 is 1.42 bits per heavy atom. The van der Waals surface area contributed by atoms with Crippen molar-refractivity contribution >= 4 is 11.5 Å². The quantitative estimate of drug-likeness (QED) is 0.478. The normalized spacial score (nSPS) is 7.67. The number of hydrogen-bond donors (Lipinski definition) is 1. The number of aromatic nitrogens is 2. The Morgan fingerprint density at radius 3 is 1.83 bits per heavy atom. The molecule has 0 bridgehead atoms. The van der Waals surface area contributed by atoms with Crippen molar-refractivity contribution in [2.24, 2.45) is 0 Å². The summed E-state index contributed by atoms with van der Waals surface area (Å²) in [6, 6.07) is 22.3. The van der Waals surface area contributed by atoms with Crippen molar-refractivity contribution in [2.45, 2.75) is 27.7 Å². The van der Waals surface area contributed by atoms with Crippen LogP contribution in [0, 0.1) is 12.3 Å². The van der Waals surface area contributed by atoms with Crippen LogP contribution in [0.25, 0.3) is 0 Å². The first-order chi connectivity index (χ1) is 11.4. The zero-order chi connectivity index (χ0) is 17.2. The maximum absolute atomic E-state index is 3.98. The van der Waals surface area contributed by atoms with Crippen LogP contribution in [0.1, 0.15) is 27.7 Å². The minimum atomic E-state index is 0. The van der Waals surface area contributed by atoms with Crippen molar-refractivity contribution in [3.63, 3.8) is 0 Å². The van der Waals surface area contributed by atoms with Gasteiger partial charge in [0.15, 0.2) is 0 Å². The van der Waals surface area contributed by atoms with Crippen molar-refractivity contribution < 1.29 is 21.1 Å².